The van der Waals surface area contributed by atoms with Crippen molar-refractivity contribution < 1.29 is 0 Å². The molecule has 2 aromatic heterocycles. The van der Waals surface area contributed by atoms with Gasteiger partial charge in [-0.15, -0.1) is 0 Å². The number of nitrogens with one attached hydrogen (secondary N) is 1. The second kappa shape index (κ2) is 3.86. The van der Waals surface area contributed by atoms with E-state index < -0.39 is 0 Å². The van der Waals surface area contributed by atoms with E-state index in [2.05, 4.69) is 22.3 Å². The number of fused-ring (bicyclic) bond motifs is 1. The largest absolute Gasteiger partial charge is 0.396 e. The third-order valence-corrected chi connectivity index (χ3v) is 2.39. The van der Waals surface area contributed by atoms with Crippen LogP contribution in [0.1, 0.15) is 12.6 Å². The fourth-order valence-corrected chi connectivity index (χ4v) is 1.46. The molecule has 0 aliphatic heterocycles. The molecule has 0 amide bonds. The van der Waals surface area contributed by atoms with Gasteiger partial charge in [-0.05, 0) is 14.0 Å². The lowest BCUT2D eigenvalue weighted by Crippen LogP contribution is -2.23. The van der Waals surface area contributed by atoms with Gasteiger partial charge in [0.05, 0.1) is 23.8 Å². The molecule has 5 nitrogen and oxygen atoms in total. The minimum Gasteiger partial charge on any atom is -0.396 e. The molecule has 0 radical (unpaired) electrons. The fourth-order valence-electron chi connectivity index (χ4n) is 1.46. The minimum atomic E-state index is 0.409. The number of hydrogen-bond donors (Lipinski definition) is 2. The molecule has 2 rings (SSSR count). The van der Waals surface area contributed by atoms with Gasteiger partial charge < -0.3 is 11.1 Å². The number of likely N-dealkylation sites (N-methyl/N-ethyl adjacent to an activating group) is 1. The maximum atomic E-state index is 5.62. The molecule has 15 heavy (non-hydrogen) atoms. The smallest absolute Gasteiger partial charge is 0.155 e. The van der Waals surface area contributed by atoms with Crippen LogP contribution in [0.25, 0.3) is 5.65 Å². The van der Waals surface area contributed by atoms with Crippen LogP contribution in [0.15, 0.2) is 18.5 Å². The van der Waals surface area contributed by atoms with Crippen LogP contribution in [0.5, 0.6) is 0 Å². The maximum Gasteiger partial charge on any atom is 0.155 e. The predicted molar refractivity (Wildman–Crippen MR) is 59.6 cm³/mol. The first kappa shape index (κ1) is 9.92. The van der Waals surface area contributed by atoms with E-state index in [4.69, 9.17) is 5.73 Å². The Bertz CT molecular complexity index is 462. The van der Waals surface area contributed by atoms with Gasteiger partial charge in [0, 0.05) is 18.5 Å². The average molecular weight is 205 g/mol. The number of hydrogen-bond acceptors (Lipinski definition) is 4. The molecule has 0 aliphatic rings. The Morgan fingerprint density at radius 1 is 1.60 bits per heavy atom. The molecule has 1 atom stereocenters. The highest BCUT2D eigenvalue weighted by Crippen LogP contribution is 2.08. The molecule has 3 N–H and O–H groups in total. The van der Waals surface area contributed by atoms with Gasteiger partial charge >= 0.3 is 0 Å². The van der Waals surface area contributed by atoms with Crippen LogP contribution >= 0.6 is 0 Å². The summed E-state index contributed by atoms with van der Waals surface area (Å²) in [7, 11) is 1.94. The quantitative estimate of drug-likeness (QED) is 0.764. The van der Waals surface area contributed by atoms with Gasteiger partial charge in [0.15, 0.2) is 5.65 Å². The zero-order valence-corrected chi connectivity index (χ0v) is 8.94. The van der Waals surface area contributed by atoms with Crippen molar-refractivity contribution in [3.05, 3.63) is 24.2 Å². The second-order valence-corrected chi connectivity index (χ2v) is 3.72. The van der Waals surface area contributed by atoms with Gasteiger partial charge in [-0.3, -0.25) is 0 Å². The molecule has 0 saturated carbocycles. The molecule has 2 heterocycles. The summed E-state index contributed by atoms with van der Waals surface area (Å²) in [5, 5.41) is 7.57. The van der Waals surface area contributed by atoms with E-state index in [9.17, 15) is 0 Å². The van der Waals surface area contributed by atoms with Crippen LogP contribution in [0.2, 0.25) is 0 Å². The third kappa shape index (κ3) is 2.07. The first-order valence-electron chi connectivity index (χ1n) is 4.96. The maximum absolute atomic E-state index is 5.62. The van der Waals surface area contributed by atoms with E-state index in [1.807, 2.05) is 13.1 Å². The number of nitrogens with zero attached hydrogens (tertiary/aromatic N) is 3. The van der Waals surface area contributed by atoms with E-state index in [0.29, 0.717) is 11.7 Å². The van der Waals surface area contributed by atoms with Crippen LogP contribution < -0.4 is 11.1 Å². The van der Waals surface area contributed by atoms with Gasteiger partial charge in [-0.1, -0.05) is 0 Å². The van der Waals surface area contributed by atoms with Gasteiger partial charge in [-0.2, -0.15) is 5.10 Å². The van der Waals surface area contributed by atoms with Crippen LogP contribution in [0.4, 0.5) is 5.69 Å². The zero-order valence-electron chi connectivity index (χ0n) is 8.94. The molecule has 0 aliphatic carbocycles. The number of anilines is 1. The highest BCUT2D eigenvalue weighted by molar-refractivity contribution is 5.44. The lowest BCUT2D eigenvalue weighted by molar-refractivity contribution is 0.598. The normalized spacial score (nSPS) is 13.2. The van der Waals surface area contributed by atoms with Crippen molar-refractivity contribution in [2.45, 2.75) is 19.4 Å². The highest BCUT2D eigenvalue weighted by atomic mass is 15.2. The van der Waals surface area contributed by atoms with E-state index in [1.54, 1.807) is 16.9 Å². The van der Waals surface area contributed by atoms with Crippen LogP contribution in [-0.4, -0.2) is 27.7 Å². The number of nitrogen functional groups attached to an aromatic ring is 1. The number of rotatable bonds is 3. The molecule has 2 aromatic rings. The minimum absolute atomic E-state index is 0.409. The molecule has 1 unspecified atom stereocenters. The second-order valence-electron chi connectivity index (χ2n) is 3.72. The molecule has 5 heteroatoms. The third-order valence-electron chi connectivity index (χ3n) is 2.39. The molecular weight excluding hydrogens is 190 g/mol. The van der Waals surface area contributed by atoms with Crippen LogP contribution in [0.3, 0.4) is 0 Å². The average Bonchev–Trinajstić information content (AvgIpc) is 2.59. The van der Waals surface area contributed by atoms with Crippen molar-refractivity contribution in [2.75, 3.05) is 12.8 Å². The van der Waals surface area contributed by atoms with Crippen molar-refractivity contribution in [3.63, 3.8) is 0 Å². The Labute approximate surface area is 88.3 Å². The Morgan fingerprint density at radius 3 is 3.13 bits per heavy atom. The zero-order chi connectivity index (χ0) is 10.8. The molecule has 0 fully saturated rings. The molecular formula is C10H15N5. The van der Waals surface area contributed by atoms with Gasteiger partial charge in [0.1, 0.15) is 0 Å². The first-order chi connectivity index (χ1) is 7.19. The Hall–Kier alpha value is -1.62. The lowest BCUT2D eigenvalue weighted by Gasteiger charge is -2.05. The van der Waals surface area contributed by atoms with Crippen molar-refractivity contribution in [3.8, 4) is 0 Å². The van der Waals surface area contributed by atoms with E-state index >= 15 is 0 Å². The number of aromatic nitrogens is 3. The Morgan fingerprint density at radius 2 is 2.40 bits per heavy atom. The molecule has 0 bridgehead atoms. The van der Waals surface area contributed by atoms with Crippen molar-refractivity contribution >= 4 is 11.3 Å². The van der Waals surface area contributed by atoms with Crippen molar-refractivity contribution in [1.29, 1.82) is 0 Å². The van der Waals surface area contributed by atoms with Crippen molar-refractivity contribution in [1.82, 2.24) is 19.9 Å². The summed E-state index contributed by atoms with van der Waals surface area (Å²) >= 11 is 0. The molecule has 0 aromatic carbocycles. The summed E-state index contributed by atoms with van der Waals surface area (Å²) in [6.45, 7) is 2.12. The Kier molecular flexibility index (Phi) is 2.55. The summed E-state index contributed by atoms with van der Waals surface area (Å²) < 4.78 is 1.72. The highest BCUT2D eigenvalue weighted by Gasteiger charge is 2.06. The van der Waals surface area contributed by atoms with Crippen molar-refractivity contribution in [2.24, 2.45) is 0 Å². The van der Waals surface area contributed by atoms with Crippen LogP contribution in [0, 0.1) is 0 Å². The van der Waals surface area contributed by atoms with E-state index in [0.717, 1.165) is 17.8 Å². The summed E-state index contributed by atoms with van der Waals surface area (Å²) in [5.74, 6) is 0. The fraction of sp³-hybridized carbons (Fsp3) is 0.400. The summed E-state index contributed by atoms with van der Waals surface area (Å²) in [4.78, 5) is 4.19. The monoisotopic (exact) mass is 205 g/mol. The van der Waals surface area contributed by atoms with Gasteiger partial charge in [0.2, 0.25) is 0 Å². The predicted octanol–water partition coefficient (Wildman–Crippen LogP) is 0.462. The lowest BCUT2D eigenvalue weighted by atomic mass is 10.2. The summed E-state index contributed by atoms with van der Waals surface area (Å²) in [5.41, 5.74) is 8.11. The topological polar surface area (TPSA) is 68.2 Å². The summed E-state index contributed by atoms with van der Waals surface area (Å²) in [6.07, 6.45) is 4.30. The molecule has 0 spiro atoms. The van der Waals surface area contributed by atoms with Gasteiger partial charge in [0.25, 0.3) is 0 Å². The van der Waals surface area contributed by atoms with E-state index in [1.165, 1.54) is 0 Å². The van der Waals surface area contributed by atoms with E-state index in [-0.39, 0.29) is 0 Å². The van der Waals surface area contributed by atoms with Crippen LogP contribution in [-0.2, 0) is 6.42 Å². The van der Waals surface area contributed by atoms with Gasteiger partial charge in [-0.25, -0.2) is 9.50 Å². The Balaban J connectivity index is 2.30. The standard InChI is InChI=1S/C10H15N5/c1-7(12-2)3-9-4-10-13-5-8(11)6-15(10)14-9/h4-7,12H,3,11H2,1-2H3. The molecule has 0 saturated heterocycles. The SMILES string of the molecule is CNC(C)Cc1cc2ncc(N)cn2n1. The summed E-state index contributed by atoms with van der Waals surface area (Å²) in [6, 6.07) is 2.39. The molecule has 80 valence electrons. The first-order valence-corrected chi connectivity index (χ1v) is 4.96. The number of nitrogens with two attached hydrogens (primary N) is 1.